The molecule has 4 N–H and O–H groups in total. The lowest BCUT2D eigenvalue weighted by atomic mass is 9.88. The van der Waals surface area contributed by atoms with E-state index in [2.05, 4.69) is 42.6 Å². The predicted molar refractivity (Wildman–Crippen MR) is 206 cm³/mol. The first-order valence-electron chi connectivity index (χ1n) is 16.5. The Kier molecular flexibility index (Phi) is 13.1. The van der Waals surface area contributed by atoms with Gasteiger partial charge in [-0.05, 0) is 101 Å². The zero-order chi connectivity index (χ0) is 36.7. The quantitative estimate of drug-likeness (QED) is 0.173. The van der Waals surface area contributed by atoms with Gasteiger partial charge in [0.15, 0.2) is 21.3 Å². The summed E-state index contributed by atoms with van der Waals surface area (Å²) in [5.74, 6) is -0.284. The second-order valence-electron chi connectivity index (χ2n) is 14.2. The first kappa shape index (κ1) is 39.7. The summed E-state index contributed by atoms with van der Waals surface area (Å²) in [5, 5.41) is 5.63. The molecule has 5 rings (SSSR count). The van der Waals surface area contributed by atoms with Gasteiger partial charge in [-0.2, -0.15) is 0 Å². The van der Waals surface area contributed by atoms with Crippen LogP contribution in [0, 0.1) is 0 Å². The fourth-order valence-electron chi connectivity index (χ4n) is 5.88. The first-order valence-corrected chi connectivity index (χ1v) is 22.0. The fourth-order valence-corrected chi connectivity index (χ4v) is 9.46. The monoisotopic (exact) mass is 839 g/mol. The summed E-state index contributed by atoms with van der Waals surface area (Å²) in [7, 11) is -3.75. The number of aromatic nitrogens is 2. The minimum Gasteiger partial charge on any atom is -0.491 e. The molecular weight excluding hydrogens is 792 g/mol. The molecule has 2 aliphatic heterocycles. The van der Waals surface area contributed by atoms with E-state index in [0.717, 1.165) is 25.7 Å². The van der Waals surface area contributed by atoms with Crippen LogP contribution in [0.2, 0.25) is 0 Å². The van der Waals surface area contributed by atoms with E-state index in [0.29, 0.717) is 47.7 Å². The van der Waals surface area contributed by atoms with Crippen LogP contribution in [0.4, 0.5) is 16.3 Å². The third-order valence-corrected chi connectivity index (χ3v) is 12.0. The second-order valence-corrected chi connectivity index (χ2v) is 18.5. The number of halogens is 1. The SMILES string of the molecule is CC(C)(C)OC(=O)NCc1cccc2c1OCCCCCCC(C)(OPI)CC(C)(C)S(=O)(=O)c1ccc(cc1)-c1cnc(N)c(n1)C(=O)N2. The van der Waals surface area contributed by atoms with E-state index >= 15 is 0 Å². The number of nitrogen functional groups attached to an aromatic ring is 1. The number of carbonyl (C=O) groups excluding carboxylic acids is 2. The van der Waals surface area contributed by atoms with Crippen molar-refractivity contribution in [2.75, 3.05) is 17.7 Å². The largest absolute Gasteiger partial charge is 0.491 e. The molecular formula is C35H47IN5O7PS. The van der Waals surface area contributed by atoms with Gasteiger partial charge in [0.05, 0.1) is 45.9 Å². The van der Waals surface area contributed by atoms with Gasteiger partial charge in [0.25, 0.3) is 5.91 Å². The molecule has 0 spiro atoms. The molecule has 2 amide bonds. The van der Waals surface area contributed by atoms with Crippen molar-refractivity contribution in [1.29, 1.82) is 0 Å². The van der Waals surface area contributed by atoms with Crippen LogP contribution in [0.15, 0.2) is 53.6 Å². The number of fused-ring (bicyclic) bond motifs is 13. The number of hydrogen-bond donors (Lipinski definition) is 3. The van der Waals surface area contributed by atoms with Gasteiger partial charge in [0.2, 0.25) is 0 Å². The lowest BCUT2D eigenvalue weighted by molar-refractivity contribution is 0.0523. The Morgan fingerprint density at radius 1 is 1.10 bits per heavy atom. The van der Waals surface area contributed by atoms with Gasteiger partial charge in [-0.15, -0.1) is 0 Å². The van der Waals surface area contributed by atoms with Crippen LogP contribution < -0.4 is 21.1 Å². The van der Waals surface area contributed by atoms with Crippen molar-refractivity contribution in [3.8, 4) is 17.0 Å². The molecule has 3 aromatic rings. The van der Waals surface area contributed by atoms with Gasteiger partial charge in [0, 0.05) is 17.7 Å². The average molecular weight is 840 g/mol. The van der Waals surface area contributed by atoms with Crippen LogP contribution in [-0.2, 0) is 25.6 Å². The van der Waals surface area contributed by atoms with Gasteiger partial charge in [-0.1, -0.05) is 43.5 Å². The smallest absolute Gasteiger partial charge is 0.407 e. The van der Waals surface area contributed by atoms with E-state index in [-0.39, 0.29) is 29.4 Å². The molecule has 12 nitrogen and oxygen atoms in total. The minimum absolute atomic E-state index is 0.0794. The highest BCUT2D eigenvalue weighted by atomic mass is 127. The van der Waals surface area contributed by atoms with Gasteiger partial charge in [-0.25, -0.2) is 23.2 Å². The van der Waals surface area contributed by atoms with Gasteiger partial charge < -0.3 is 30.4 Å². The highest BCUT2D eigenvalue weighted by Crippen LogP contribution is 2.42. The third-order valence-electron chi connectivity index (χ3n) is 8.30. The average Bonchev–Trinajstić information content (AvgIpc) is 3.03. The number of para-hydroxylation sites is 1. The topological polar surface area (TPSA) is 172 Å². The van der Waals surface area contributed by atoms with Gasteiger partial charge in [0.1, 0.15) is 11.4 Å². The van der Waals surface area contributed by atoms with E-state index < -0.39 is 37.8 Å². The number of hydrogen-bond acceptors (Lipinski definition) is 10. The van der Waals surface area contributed by atoms with Crippen molar-refractivity contribution < 1.29 is 32.0 Å². The summed E-state index contributed by atoms with van der Waals surface area (Å²) in [6, 6.07) is 11.6. The Balaban J connectivity index is 1.71. The van der Waals surface area contributed by atoms with E-state index in [9.17, 15) is 18.0 Å². The Hall–Kier alpha value is -3.07. The fraction of sp³-hybridized carbons (Fsp3) is 0.486. The maximum atomic E-state index is 13.9. The molecule has 2 unspecified atom stereocenters. The molecule has 50 heavy (non-hydrogen) atoms. The van der Waals surface area contributed by atoms with E-state index in [1.165, 1.54) is 6.20 Å². The summed E-state index contributed by atoms with van der Waals surface area (Å²) in [5.41, 5.74) is 6.63. The number of carbonyl (C=O) groups is 2. The van der Waals surface area contributed by atoms with Crippen molar-refractivity contribution >= 4 is 61.8 Å². The number of nitrogens with zero attached hydrogens (tertiary/aromatic N) is 2. The van der Waals surface area contributed by atoms with Crippen molar-refractivity contribution in [3.63, 3.8) is 0 Å². The molecule has 0 aliphatic carbocycles. The number of amides is 2. The Labute approximate surface area is 309 Å². The zero-order valence-corrected chi connectivity index (χ0v) is 33.4. The van der Waals surface area contributed by atoms with Crippen molar-refractivity contribution in [2.24, 2.45) is 0 Å². The van der Waals surface area contributed by atoms with E-state index in [1.54, 1.807) is 77.1 Å². The summed E-state index contributed by atoms with van der Waals surface area (Å²) in [6.07, 6.45) is 5.20. The van der Waals surface area contributed by atoms with Crippen molar-refractivity contribution in [2.45, 2.75) is 107 Å². The van der Waals surface area contributed by atoms with Crippen molar-refractivity contribution in [3.05, 3.63) is 59.9 Å². The number of benzene rings is 2. The Morgan fingerprint density at radius 2 is 1.80 bits per heavy atom. The molecule has 0 saturated heterocycles. The highest BCUT2D eigenvalue weighted by molar-refractivity contribution is 14.2. The highest BCUT2D eigenvalue weighted by Gasteiger charge is 2.42. The van der Waals surface area contributed by atoms with Crippen LogP contribution >= 0.6 is 28.5 Å². The molecule has 0 saturated carbocycles. The van der Waals surface area contributed by atoms with Gasteiger partial charge >= 0.3 is 6.09 Å². The molecule has 0 fully saturated rings. The second kappa shape index (κ2) is 16.5. The maximum absolute atomic E-state index is 13.9. The normalized spacial score (nSPS) is 20.1. The Bertz CT molecular complexity index is 1780. The lowest BCUT2D eigenvalue weighted by Gasteiger charge is -2.36. The number of ether oxygens (including phenoxy) is 2. The van der Waals surface area contributed by atoms with Crippen LogP contribution in [0.5, 0.6) is 5.75 Å². The molecule has 272 valence electrons. The molecule has 2 aromatic carbocycles. The van der Waals surface area contributed by atoms with Crippen LogP contribution in [-0.4, -0.2) is 52.9 Å². The summed E-state index contributed by atoms with van der Waals surface area (Å²) in [6.45, 7) is 11.5. The molecule has 3 heterocycles. The van der Waals surface area contributed by atoms with Crippen LogP contribution in [0.1, 0.15) is 96.1 Å². The van der Waals surface area contributed by atoms with E-state index in [4.69, 9.17) is 19.7 Å². The molecule has 2 atom stereocenters. The number of anilines is 2. The molecule has 4 bridgehead atoms. The zero-order valence-electron chi connectivity index (χ0n) is 29.4. The van der Waals surface area contributed by atoms with Gasteiger partial charge in [-0.3, -0.25) is 4.79 Å². The molecule has 15 heteroatoms. The molecule has 2 aliphatic rings. The minimum atomic E-state index is -3.75. The summed E-state index contributed by atoms with van der Waals surface area (Å²) < 4.78 is 44.6. The van der Waals surface area contributed by atoms with E-state index in [1.807, 2.05) is 6.92 Å². The predicted octanol–water partition coefficient (Wildman–Crippen LogP) is 8.01. The number of nitrogens with one attached hydrogen (secondary N) is 2. The standard InChI is InChI=1S/C35H47IN5O7PS/c1-33(2,3)47-32(43)39-20-24-12-11-13-26-29(24)46-19-10-8-7-9-18-35(6,48-49-36)22-34(4,5)50(44,45)25-16-14-23(15-17-25)27-21-38-30(37)28(40-27)31(42)41-26/h11-17,21,49H,7-10,18-20,22H2,1-6H3,(H2,37,38)(H,39,43)(H,41,42). The maximum Gasteiger partial charge on any atom is 0.407 e. The molecule has 1 aromatic heterocycles. The number of nitrogens with two attached hydrogens (primary N) is 1. The Morgan fingerprint density at radius 3 is 2.48 bits per heavy atom. The first-order chi connectivity index (χ1) is 23.4. The van der Waals surface area contributed by atoms with Crippen LogP contribution in [0.3, 0.4) is 0 Å². The summed E-state index contributed by atoms with van der Waals surface area (Å²) in [4.78, 5) is 35.0. The third kappa shape index (κ3) is 10.3. The number of rotatable bonds is 4. The number of alkyl carbamates (subject to hydrolysis) is 1. The number of sulfone groups is 1. The lowest BCUT2D eigenvalue weighted by Crippen LogP contribution is -2.41. The molecule has 0 radical (unpaired) electrons. The summed E-state index contributed by atoms with van der Waals surface area (Å²) >= 11 is 2.19. The van der Waals surface area contributed by atoms with Crippen LogP contribution in [0.25, 0.3) is 11.3 Å². The van der Waals surface area contributed by atoms with Crippen molar-refractivity contribution in [1.82, 2.24) is 15.3 Å².